The number of nitrogens with zero attached hydrogens (tertiary/aromatic N) is 7. The van der Waals surface area contributed by atoms with Crippen molar-refractivity contribution < 1.29 is 4.92 Å². The number of benzene rings is 1. The van der Waals surface area contributed by atoms with E-state index < -0.39 is 4.92 Å². The average Bonchev–Trinajstić information content (AvgIpc) is 2.91. The minimum absolute atomic E-state index is 0.0456. The lowest BCUT2D eigenvalue weighted by molar-refractivity contribution is -0.384. The van der Waals surface area contributed by atoms with Crippen LogP contribution in [0.15, 0.2) is 29.4 Å². The molecule has 0 radical (unpaired) electrons. The standard InChI is InChI=1S/C18H18N8O2/c1-11-9-18(2,3)25(24-11)17-22-15(21-16(20)23-17)13(10-19)7-12-5-4-6-14(8-12)26(27)28/h4-8H,9H2,1-3H3,(H2,20,21,22,23)/b13-7-. The van der Waals surface area contributed by atoms with Gasteiger partial charge in [0.15, 0.2) is 5.82 Å². The summed E-state index contributed by atoms with van der Waals surface area (Å²) in [5.41, 5.74) is 6.92. The molecule has 3 rings (SSSR count). The number of nitro benzene ring substituents is 1. The molecular formula is C18H18N8O2. The van der Waals surface area contributed by atoms with Gasteiger partial charge in [-0.1, -0.05) is 12.1 Å². The predicted molar refractivity (Wildman–Crippen MR) is 105 cm³/mol. The lowest BCUT2D eigenvalue weighted by atomic mass is 9.99. The maximum atomic E-state index is 11.0. The average molecular weight is 378 g/mol. The molecule has 1 aliphatic rings. The highest BCUT2D eigenvalue weighted by atomic mass is 16.6. The van der Waals surface area contributed by atoms with E-state index in [-0.39, 0.29) is 34.5 Å². The van der Waals surface area contributed by atoms with Gasteiger partial charge in [-0.25, -0.2) is 5.01 Å². The molecular weight excluding hydrogens is 360 g/mol. The number of allylic oxidation sites excluding steroid dienone is 1. The van der Waals surface area contributed by atoms with Gasteiger partial charge in [0, 0.05) is 24.3 Å². The fourth-order valence-electron chi connectivity index (χ4n) is 3.00. The zero-order valence-corrected chi connectivity index (χ0v) is 15.6. The molecule has 2 heterocycles. The molecule has 142 valence electrons. The summed E-state index contributed by atoms with van der Waals surface area (Å²) in [5, 5.41) is 26.6. The lowest BCUT2D eigenvalue weighted by Crippen LogP contribution is -2.37. The third-order valence-electron chi connectivity index (χ3n) is 4.12. The maximum absolute atomic E-state index is 11.0. The Morgan fingerprint density at radius 2 is 2.14 bits per heavy atom. The Hall–Kier alpha value is -3.87. The van der Waals surface area contributed by atoms with Crippen molar-refractivity contribution in [2.45, 2.75) is 32.7 Å². The number of nitro groups is 1. The van der Waals surface area contributed by atoms with Gasteiger partial charge >= 0.3 is 0 Å². The van der Waals surface area contributed by atoms with Crippen LogP contribution >= 0.6 is 0 Å². The van der Waals surface area contributed by atoms with Crippen LogP contribution in [0.2, 0.25) is 0 Å². The van der Waals surface area contributed by atoms with Crippen molar-refractivity contribution >= 4 is 34.9 Å². The molecule has 0 fully saturated rings. The van der Waals surface area contributed by atoms with Crippen molar-refractivity contribution in [2.75, 3.05) is 10.7 Å². The quantitative estimate of drug-likeness (QED) is 0.485. The van der Waals surface area contributed by atoms with Crippen molar-refractivity contribution in [3.05, 3.63) is 45.8 Å². The molecule has 10 heteroatoms. The minimum atomic E-state index is -0.502. The van der Waals surface area contributed by atoms with Crippen molar-refractivity contribution in [3.8, 4) is 6.07 Å². The third kappa shape index (κ3) is 3.78. The van der Waals surface area contributed by atoms with Gasteiger partial charge in [-0.3, -0.25) is 10.1 Å². The van der Waals surface area contributed by atoms with E-state index in [9.17, 15) is 15.4 Å². The second kappa shape index (κ2) is 7.03. The monoisotopic (exact) mass is 378 g/mol. The largest absolute Gasteiger partial charge is 0.368 e. The van der Waals surface area contributed by atoms with Gasteiger partial charge in [-0.2, -0.15) is 25.3 Å². The summed E-state index contributed by atoms with van der Waals surface area (Å²) < 4.78 is 0. The normalized spacial score (nSPS) is 15.9. The number of nitrogen functional groups attached to an aromatic ring is 1. The fourth-order valence-corrected chi connectivity index (χ4v) is 3.00. The molecule has 1 aliphatic heterocycles. The molecule has 28 heavy (non-hydrogen) atoms. The van der Waals surface area contributed by atoms with E-state index >= 15 is 0 Å². The number of hydrogen-bond donors (Lipinski definition) is 1. The highest BCUT2D eigenvalue weighted by molar-refractivity contribution is 5.88. The molecule has 1 aromatic heterocycles. The van der Waals surface area contributed by atoms with Gasteiger partial charge in [0.2, 0.25) is 5.95 Å². The number of hydrogen-bond acceptors (Lipinski definition) is 9. The van der Waals surface area contributed by atoms with E-state index in [1.807, 2.05) is 26.8 Å². The summed E-state index contributed by atoms with van der Waals surface area (Å²) in [5.74, 6) is 0.271. The van der Waals surface area contributed by atoms with Crippen LogP contribution in [-0.4, -0.2) is 31.1 Å². The maximum Gasteiger partial charge on any atom is 0.270 e. The van der Waals surface area contributed by atoms with E-state index in [2.05, 4.69) is 20.1 Å². The van der Waals surface area contributed by atoms with E-state index in [1.54, 1.807) is 11.1 Å². The molecule has 0 aliphatic carbocycles. The van der Waals surface area contributed by atoms with Crippen LogP contribution in [0.5, 0.6) is 0 Å². The lowest BCUT2D eigenvalue weighted by Gasteiger charge is -2.28. The van der Waals surface area contributed by atoms with E-state index in [0.717, 1.165) is 12.1 Å². The number of non-ortho nitro benzene ring substituents is 1. The Morgan fingerprint density at radius 3 is 2.75 bits per heavy atom. The second-order valence-corrected chi connectivity index (χ2v) is 6.98. The van der Waals surface area contributed by atoms with Crippen LogP contribution in [-0.2, 0) is 0 Å². The SMILES string of the molecule is CC1=NN(c2nc(N)nc(/C(C#N)=C\c3cccc([N+](=O)[O-])c3)n2)C(C)(C)C1. The van der Waals surface area contributed by atoms with Crippen molar-refractivity contribution in [3.63, 3.8) is 0 Å². The summed E-state index contributed by atoms with van der Waals surface area (Å²) >= 11 is 0. The first-order chi connectivity index (χ1) is 13.2. The summed E-state index contributed by atoms with van der Waals surface area (Å²) in [6.07, 6.45) is 2.21. The Kier molecular flexibility index (Phi) is 4.75. The van der Waals surface area contributed by atoms with Crippen LogP contribution in [0.3, 0.4) is 0 Å². The van der Waals surface area contributed by atoms with Gasteiger partial charge in [0.1, 0.15) is 6.07 Å². The smallest absolute Gasteiger partial charge is 0.270 e. The van der Waals surface area contributed by atoms with Crippen LogP contribution < -0.4 is 10.7 Å². The van der Waals surface area contributed by atoms with E-state index in [4.69, 9.17) is 5.73 Å². The van der Waals surface area contributed by atoms with Gasteiger partial charge in [-0.05, 0) is 32.4 Å². The number of nitriles is 1. The number of nitrogens with two attached hydrogens (primary N) is 1. The predicted octanol–water partition coefficient (Wildman–Crippen LogP) is 2.79. The Labute approximate surface area is 161 Å². The van der Waals surface area contributed by atoms with Crippen LogP contribution in [0.1, 0.15) is 38.6 Å². The fraction of sp³-hybridized carbons (Fsp3) is 0.278. The second-order valence-electron chi connectivity index (χ2n) is 6.98. The summed E-state index contributed by atoms with van der Waals surface area (Å²) in [6, 6.07) is 7.94. The van der Waals surface area contributed by atoms with E-state index in [1.165, 1.54) is 24.3 Å². The molecule has 0 atom stereocenters. The van der Waals surface area contributed by atoms with Gasteiger partial charge < -0.3 is 5.73 Å². The Balaban J connectivity index is 2.05. The third-order valence-corrected chi connectivity index (χ3v) is 4.12. The first kappa shape index (κ1) is 18.9. The molecule has 0 spiro atoms. The molecule has 0 saturated carbocycles. The zero-order valence-electron chi connectivity index (χ0n) is 15.6. The van der Waals surface area contributed by atoms with Crippen molar-refractivity contribution in [1.82, 2.24) is 15.0 Å². The molecule has 2 N–H and O–H groups in total. The van der Waals surface area contributed by atoms with Crippen molar-refractivity contribution in [1.29, 1.82) is 5.26 Å². The van der Waals surface area contributed by atoms with Gasteiger partial charge in [0.25, 0.3) is 11.6 Å². The Bertz CT molecular complexity index is 1050. The van der Waals surface area contributed by atoms with Gasteiger partial charge in [0.05, 0.1) is 16.0 Å². The molecule has 10 nitrogen and oxygen atoms in total. The number of aromatic nitrogens is 3. The number of anilines is 2. The first-order valence-corrected chi connectivity index (χ1v) is 8.42. The number of hydrazone groups is 1. The summed E-state index contributed by atoms with van der Waals surface area (Å²) in [7, 11) is 0. The minimum Gasteiger partial charge on any atom is -0.368 e. The van der Waals surface area contributed by atoms with Gasteiger partial charge in [-0.15, -0.1) is 0 Å². The molecule has 2 aromatic rings. The first-order valence-electron chi connectivity index (χ1n) is 8.42. The van der Waals surface area contributed by atoms with Crippen molar-refractivity contribution in [2.24, 2.45) is 5.10 Å². The summed E-state index contributed by atoms with van der Waals surface area (Å²) in [6.45, 7) is 5.91. The molecule has 0 amide bonds. The highest BCUT2D eigenvalue weighted by Crippen LogP contribution is 2.31. The number of rotatable bonds is 4. The molecule has 1 aromatic carbocycles. The highest BCUT2D eigenvalue weighted by Gasteiger charge is 2.35. The summed E-state index contributed by atoms with van der Waals surface area (Å²) in [4.78, 5) is 23.0. The van der Waals surface area contributed by atoms with Crippen LogP contribution in [0, 0.1) is 21.4 Å². The Morgan fingerprint density at radius 1 is 1.39 bits per heavy atom. The molecule has 0 bridgehead atoms. The molecule has 0 unspecified atom stereocenters. The molecule has 0 saturated heterocycles. The van der Waals surface area contributed by atoms with E-state index in [0.29, 0.717) is 5.56 Å². The van der Waals surface area contributed by atoms with Crippen LogP contribution in [0.25, 0.3) is 11.6 Å². The topological polar surface area (TPSA) is 147 Å². The van der Waals surface area contributed by atoms with Crippen LogP contribution in [0.4, 0.5) is 17.6 Å². The zero-order chi connectivity index (χ0) is 20.5.